The van der Waals surface area contributed by atoms with Crippen LogP contribution in [-0.4, -0.2) is 24.2 Å². The summed E-state index contributed by atoms with van der Waals surface area (Å²) in [7, 11) is 3.23. The van der Waals surface area contributed by atoms with E-state index in [1.54, 1.807) is 14.2 Å². The van der Waals surface area contributed by atoms with E-state index in [-0.39, 0.29) is 0 Å². The highest BCUT2D eigenvalue weighted by Crippen LogP contribution is 2.33. The van der Waals surface area contributed by atoms with Gasteiger partial charge in [-0.2, -0.15) is 0 Å². The van der Waals surface area contributed by atoms with Crippen LogP contribution in [0.15, 0.2) is 22.7 Å². The van der Waals surface area contributed by atoms with E-state index in [2.05, 4.69) is 32.8 Å². The largest absolute Gasteiger partial charge is 0.497 e. The first-order valence-electron chi connectivity index (χ1n) is 6.65. The number of nitrogen functional groups attached to an aromatic ring is 1. The number of aryl methyl sites for hydroxylation is 1. The molecule has 1 aromatic heterocycles. The molecule has 1 heterocycles. The van der Waals surface area contributed by atoms with E-state index in [0.717, 1.165) is 28.6 Å². The molecule has 0 saturated carbocycles. The Morgan fingerprint density at radius 1 is 1.19 bits per heavy atom. The number of nitrogens with zero attached hydrogens (tertiary/aromatic N) is 2. The van der Waals surface area contributed by atoms with Crippen molar-refractivity contribution in [3.8, 4) is 22.9 Å². The zero-order valence-corrected chi connectivity index (χ0v) is 13.9. The summed E-state index contributed by atoms with van der Waals surface area (Å²) in [6.07, 6.45) is 1.80. The van der Waals surface area contributed by atoms with Crippen LogP contribution in [-0.2, 0) is 6.42 Å². The lowest BCUT2D eigenvalue weighted by Crippen LogP contribution is -2.04. The maximum Gasteiger partial charge on any atom is 0.165 e. The number of benzene rings is 1. The quantitative estimate of drug-likeness (QED) is 0.892. The van der Waals surface area contributed by atoms with Crippen LogP contribution in [0.1, 0.15) is 19.0 Å². The minimum atomic E-state index is 0.424. The molecule has 0 fully saturated rings. The average molecular weight is 352 g/mol. The van der Waals surface area contributed by atoms with Gasteiger partial charge in [0.05, 0.1) is 29.9 Å². The molecular formula is C15H18BrN3O2. The van der Waals surface area contributed by atoms with Gasteiger partial charge in [0.1, 0.15) is 17.3 Å². The highest BCUT2D eigenvalue weighted by molar-refractivity contribution is 9.10. The molecule has 0 aliphatic rings. The summed E-state index contributed by atoms with van der Waals surface area (Å²) in [6, 6.07) is 5.50. The van der Waals surface area contributed by atoms with Crippen LogP contribution >= 0.6 is 15.9 Å². The second-order valence-corrected chi connectivity index (χ2v) is 5.30. The predicted molar refractivity (Wildman–Crippen MR) is 86.7 cm³/mol. The van der Waals surface area contributed by atoms with Crippen LogP contribution in [0.4, 0.5) is 5.82 Å². The maximum atomic E-state index is 5.98. The second-order valence-electron chi connectivity index (χ2n) is 4.51. The fraction of sp³-hybridized carbons (Fsp3) is 0.333. The average Bonchev–Trinajstić information content (AvgIpc) is 2.51. The summed E-state index contributed by atoms with van der Waals surface area (Å²) < 4.78 is 11.4. The van der Waals surface area contributed by atoms with Gasteiger partial charge in [-0.3, -0.25) is 0 Å². The number of halogens is 1. The van der Waals surface area contributed by atoms with Crippen LogP contribution in [0.5, 0.6) is 11.5 Å². The second kappa shape index (κ2) is 6.76. The summed E-state index contributed by atoms with van der Waals surface area (Å²) in [5, 5.41) is 0. The van der Waals surface area contributed by atoms with Crippen molar-refractivity contribution in [2.75, 3.05) is 20.0 Å². The first kappa shape index (κ1) is 15.6. The van der Waals surface area contributed by atoms with Crippen LogP contribution in [0.3, 0.4) is 0 Å². The van der Waals surface area contributed by atoms with E-state index in [1.807, 2.05) is 18.2 Å². The molecule has 2 rings (SSSR count). The molecule has 0 spiro atoms. The Labute approximate surface area is 132 Å². The van der Waals surface area contributed by atoms with Gasteiger partial charge in [0.15, 0.2) is 5.82 Å². The van der Waals surface area contributed by atoms with E-state index >= 15 is 0 Å². The lowest BCUT2D eigenvalue weighted by Gasteiger charge is -2.12. The van der Waals surface area contributed by atoms with Crippen molar-refractivity contribution in [2.45, 2.75) is 19.8 Å². The van der Waals surface area contributed by atoms with Crippen LogP contribution < -0.4 is 15.2 Å². The number of ether oxygens (including phenoxy) is 2. The van der Waals surface area contributed by atoms with Crippen LogP contribution in [0.2, 0.25) is 0 Å². The monoisotopic (exact) mass is 351 g/mol. The van der Waals surface area contributed by atoms with Gasteiger partial charge in [0.2, 0.25) is 0 Å². The molecule has 21 heavy (non-hydrogen) atoms. The zero-order chi connectivity index (χ0) is 15.4. The Morgan fingerprint density at radius 3 is 2.57 bits per heavy atom. The van der Waals surface area contributed by atoms with Gasteiger partial charge in [-0.25, -0.2) is 9.97 Å². The van der Waals surface area contributed by atoms with Crippen LogP contribution in [0, 0.1) is 0 Å². The van der Waals surface area contributed by atoms with Crippen LogP contribution in [0.25, 0.3) is 11.4 Å². The molecule has 0 aliphatic carbocycles. The lowest BCUT2D eigenvalue weighted by molar-refractivity contribution is 0.404. The summed E-state index contributed by atoms with van der Waals surface area (Å²) in [4.78, 5) is 8.96. The number of methoxy groups -OCH3 is 2. The first-order valence-corrected chi connectivity index (χ1v) is 7.44. The van der Waals surface area contributed by atoms with Crippen molar-refractivity contribution in [3.63, 3.8) is 0 Å². The minimum Gasteiger partial charge on any atom is -0.497 e. The van der Waals surface area contributed by atoms with Crippen molar-refractivity contribution in [1.29, 1.82) is 0 Å². The third-order valence-electron chi connectivity index (χ3n) is 3.08. The highest BCUT2D eigenvalue weighted by Gasteiger charge is 2.15. The third kappa shape index (κ3) is 3.26. The molecule has 2 aromatic rings. The Bertz CT molecular complexity index is 647. The van der Waals surface area contributed by atoms with Gasteiger partial charge in [-0.1, -0.05) is 13.3 Å². The topological polar surface area (TPSA) is 70.3 Å². The number of hydrogen-bond acceptors (Lipinski definition) is 5. The van der Waals surface area contributed by atoms with E-state index < -0.39 is 0 Å². The highest BCUT2D eigenvalue weighted by atomic mass is 79.9. The maximum absolute atomic E-state index is 5.98. The van der Waals surface area contributed by atoms with E-state index in [9.17, 15) is 0 Å². The SMILES string of the molecule is CCCc1nc(-c2cc(OC)ccc2OC)nc(N)c1Br. The van der Waals surface area contributed by atoms with Crippen molar-refractivity contribution in [3.05, 3.63) is 28.4 Å². The summed E-state index contributed by atoms with van der Waals surface area (Å²) in [6.45, 7) is 2.09. The number of aromatic nitrogens is 2. The molecule has 0 unspecified atom stereocenters. The van der Waals surface area contributed by atoms with Gasteiger partial charge >= 0.3 is 0 Å². The van der Waals surface area contributed by atoms with Crippen molar-refractivity contribution < 1.29 is 9.47 Å². The molecule has 0 saturated heterocycles. The summed E-state index contributed by atoms with van der Waals surface area (Å²) in [5.74, 6) is 2.36. The first-order chi connectivity index (χ1) is 10.1. The molecule has 0 amide bonds. The van der Waals surface area contributed by atoms with Crippen molar-refractivity contribution >= 4 is 21.7 Å². The standard InChI is InChI=1S/C15H18BrN3O2/c1-4-5-11-13(16)14(17)19-15(18-11)10-8-9(20-2)6-7-12(10)21-3/h6-8H,4-5H2,1-3H3,(H2,17,18,19). The Kier molecular flexibility index (Phi) is 5.01. The molecule has 0 aliphatic heterocycles. The summed E-state index contributed by atoms with van der Waals surface area (Å²) in [5.41, 5.74) is 7.63. The molecule has 0 bridgehead atoms. The van der Waals surface area contributed by atoms with Gasteiger partial charge in [0.25, 0.3) is 0 Å². The molecule has 0 radical (unpaired) electrons. The molecule has 112 valence electrons. The number of anilines is 1. The third-order valence-corrected chi connectivity index (χ3v) is 3.94. The predicted octanol–water partition coefficient (Wildman–Crippen LogP) is 3.46. The fourth-order valence-electron chi connectivity index (χ4n) is 2.02. The van der Waals surface area contributed by atoms with E-state index in [1.165, 1.54) is 0 Å². The molecule has 6 heteroatoms. The smallest absolute Gasteiger partial charge is 0.165 e. The van der Waals surface area contributed by atoms with Gasteiger partial charge in [0, 0.05) is 0 Å². The summed E-state index contributed by atoms with van der Waals surface area (Å²) >= 11 is 3.45. The minimum absolute atomic E-state index is 0.424. The zero-order valence-electron chi connectivity index (χ0n) is 12.3. The van der Waals surface area contributed by atoms with Gasteiger partial charge < -0.3 is 15.2 Å². The Hall–Kier alpha value is -1.82. The molecular weight excluding hydrogens is 334 g/mol. The lowest BCUT2D eigenvalue weighted by atomic mass is 10.1. The molecule has 2 N–H and O–H groups in total. The normalized spacial score (nSPS) is 10.5. The molecule has 0 atom stereocenters. The van der Waals surface area contributed by atoms with Crippen molar-refractivity contribution in [1.82, 2.24) is 9.97 Å². The number of hydrogen-bond donors (Lipinski definition) is 1. The fourth-order valence-corrected chi connectivity index (χ4v) is 2.40. The molecule has 5 nitrogen and oxygen atoms in total. The van der Waals surface area contributed by atoms with Gasteiger partial charge in [-0.05, 0) is 40.5 Å². The van der Waals surface area contributed by atoms with Crippen molar-refractivity contribution in [2.24, 2.45) is 0 Å². The molecule has 1 aromatic carbocycles. The van der Waals surface area contributed by atoms with Gasteiger partial charge in [-0.15, -0.1) is 0 Å². The Morgan fingerprint density at radius 2 is 1.95 bits per heavy atom. The van der Waals surface area contributed by atoms with E-state index in [4.69, 9.17) is 15.2 Å². The number of nitrogens with two attached hydrogens (primary N) is 1. The number of rotatable bonds is 5. The Balaban J connectivity index is 2.60. The van der Waals surface area contributed by atoms with E-state index in [0.29, 0.717) is 23.1 Å².